The summed E-state index contributed by atoms with van der Waals surface area (Å²) in [4.78, 5) is 18.6. The summed E-state index contributed by atoms with van der Waals surface area (Å²) in [7, 11) is 0. The van der Waals surface area contributed by atoms with Gasteiger partial charge in [-0.25, -0.2) is 4.98 Å². The molecular formula is C17H22N4O3. The van der Waals surface area contributed by atoms with E-state index in [9.17, 15) is 4.79 Å². The molecule has 0 bridgehead atoms. The van der Waals surface area contributed by atoms with Crippen LogP contribution in [0.4, 0.5) is 5.82 Å². The number of aliphatic hydroxyl groups excluding tert-OH is 1. The minimum absolute atomic E-state index is 0.113. The summed E-state index contributed by atoms with van der Waals surface area (Å²) in [5, 5.41) is 15.1. The van der Waals surface area contributed by atoms with Gasteiger partial charge in [0.2, 0.25) is 0 Å². The summed E-state index contributed by atoms with van der Waals surface area (Å²) in [5.74, 6) is 1.13. The Balaban J connectivity index is 1.72. The maximum absolute atomic E-state index is 11.9. The zero-order valence-electron chi connectivity index (χ0n) is 13.4. The first-order chi connectivity index (χ1) is 11.7. The Bertz CT molecular complexity index is 728. The molecule has 0 aliphatic heterocycles. The van der Waals surface area contributed by atoms with Crippen LogP contribution in [0, 0.1) is 0 Å². The second-order valence-electron chi connectivity index (χ2n) is 5.79. The minimum Gasteiger partial charge on any atom is -0.492 e. The Morgan fingerprint density at radius 2 is 2.12 bits per heavy atom. The fraction of sp³-hybridized carbons (Fsp3) is 0.412. The van der Waals surface area contributed by atoms with Gasteiger partial charge >= 0.3 is 0 Å². The van der Waals surface area contributed by atoms with Gasteiger partial charge in [-0.1, -0.05) is 18.2 Å². The lowest BCUT2D eigenvalue weighted by atomic mass is 10.0. The predicted molar refractivity (Wildman–Crippen MR) is 91.3 cm³/mol. The van der Waals surface area contributed by atoms with Gasteiger partial charge < -0.3 is 25.5 Å². The number of aromatic nitrogens is 2. The molecular weight excluding hydrogens is 308 g/mol. The lowest BCUT2D eigenvalue weighted by Gasteiger charge is -2.21. The first-order valence-corrected chi connectivity index (χ1v) is 8.11. The van der Waals surface area contributed by atoms with Crippen LogP contribution in [-0.4, -0.2) is 41.4 Å². The standard InChI is InChI=1S/C17H22N4O3/c22-11-9-18-10-12-24-14-4-2-1-3-13(14)17(5-6-17)21-15-16(23)20-8-7-19-15/h1-4,7-8,18,22H,5-6,9-12H2,(H,19,21)(H,20,23). The van der Waals surface area contributed by atoms with Crippen molar-refractivity contribution in [2.24, 2.45) is 0 Å². The van der Waals surface area contributed by atoms with Crippen molar-refractivity contribution in [3.8, 4) is 5.75 Å². The van der Waals surface area contributed by atoms with Crippen LogP contribution >= 0.6 is 0 Å². The molecule has 0 saturated heterocycles. The molecule has 1 aliphatic carbocycles. The molecule has 1 fully saturated rings. The molecule has 0 radical (unpaired) electrons. The first-order valence-electron chi connectivity index (χ1n) is 8.11. The number of H-pyrrole nitrogens is 1. The minimum atomic E-state index is -0.295. The SMILES string of the molecule is O=c1[nH]ccnc1NC1(c2ccccc2OCCNCCO)CC1. The summed E-state index contributed by atoms with van der Waals surface area (Å²) in [6, 6.07) is 7.86. The molecule has 3 rings (SSSR count). The van der Waals surface area contributed by atoms with Gasteiger partial charge in [0, 0.05) is 31.0 Å². The third-order valence-corrected chi connectivity index (χ3v) is 4.04. The van der Waals surface area contributed by atoms with Gasteiger partial charge in [0.25, 0.3) is 5.56 Å². The third kappa shape index (κ3) is 3.74. The highest BCUT2D eigenvalue weighted by molar-refractivity contribution is 5.50. The highest BCUT2D eigenvalue weighted by Gasteiger charge is 2.47. The number of nitrogens with zero attached hydrogens (tertiary/aromatic N) is 1. The summed E-state index contributed by atoms with van der Waals surface area (Å²) < 4.78 is 5.89. The molecule has 1 saturated carbocycles. The van der Waals surface area contributed by atoms with Crippen LogP contribution in [0.1, 0.15) is 18.4 Å². The Hall–Kier alpha value is -2.38. The maximum Gasteiger partial charge on any atom is 0.290 e. The number of hydrogen-bond acceptors (Lipinski definition) is 6. The number of ether oxygens (including phenoxy) is 1. The molecule has 7 heteroatoms. The van der Waals surface area contributed by atoms with E-state index < -0.39 is 0 Å². The molecule has 0 unspecified atom stereocenters. The smallest absolute Gasteiger partial charge is 0.290 e. The number of benzene rings is 1. The van der Waals surface area contributed by atoms with Gasteiger partial charge in [-0.3, -0.25) is 4.79 Å². The lowest BCUT2D eigenvalue weighted by Crippen LogP contribution is -2.27. The topological polar surface area (TPSA) is 99.3 Å². The van der Waals surface area contributed by atoms with Gasteiger partial charge in [-0.15, -0.1) is 0 Å². The normalized spacial score (nSPS) is 15.0. The summed E-state index contributed by atoms with van der Waals surface area (Å²) >= 11 is 0. The Kier molecular flexibility index (Phi) is 5.12. The Labute approximate surface area is 140 Å². The van der Waals surface area contributed by atoms with Gasteiger partial charge in [0.1, 0.15) is 12.4 Å². The zero-order valence-corrected chi connectivity index (χ0v) is 13.4. The van der Waals surface area contributed by atoms with Crippen molar-refractivity contribution in [1.29, 1.82) is 0 Å². The monoisotopic (exact) mass is 330 g/mol. The largest absolute Gasteiger partial charge is 0.492 e. The van der Waals surface area contributed by atoms with Crippen LogP contribution < -0.4 is 20.9 Å². The Morgan fingerprint density at radius 3 is 2.88 bits per heavy atom. The number of nitrogens with one attached hydrogen (secondary N) is 3. The van der Waals surface area contributed by atoms with Crippen LogP contribution in [0.3, 0.4) is 0 Å². The molecule has 0 spiro atoms. The molecule has 24 heavy (non-hydrogen) atoms. The molecule has 7 nitrogen and oxygen atoms in total. The summed E-state index contributed by atoms with van der Waals surface area (Å²) in [5.41, 5.74) is 0.517. The van der Waals surface area contributed by atoms with E-state index in [2.05, 4.69) is 20.6 Å². The van der Waals surface area contributed by atoms with E-state index in [-0.39, 0.29) is 17.7 Å². The van der Waals surface area contributed by atoms with Crippen LogP contribution in [-0.2, 0) is 5.54 Å². The van der Waals surface area contributed by atoms with Gasteiger partial charge in [-0.05, 0) is 18.9 Å². The van der Waals surface area contributed by atoms with Gasteiger partial charge in [0.15, 0.2) is 5.82 Å². The van der Waals surface area contributed by atoms with Crippen molar-refractivity contribution in [3.05, 3.63) is 52.6 Å². The number of para-hydroxylation sites is 1. The van der Waals surface area contributed by atoms with Gasteiger partial charge in [-0.2, -0.15) is 0 Å². The highest BCUT2D eigenvalue weighted by Crippen LogP contribution is 2.50. The zero-order chi connectivity index (χ0) is 16.8. The van der Waals surface area contributed by atoms with E-state index in [1.54, 1.807) is 6.20 Å². The number of hydrogen-bond donors (Lipinski definition) is 4. The Morgan fingerprint density at radius 1 is 1.29 bits per heavy atom. The van der Waals surface area contributed by atoms with Crippen LogP contribution in [0.5, 0.6) is 5.75 Å². The molecule has 1 heterocycles. The van der Waals surface area contributed by atoms with E-state index in [0.717, 1.165) is 24.2 Å². The predicted octanol–water partition coefficient (Wildman–Crippen LogP) is 0.832. The molecule has 4 N–H and O–H groups in total. The lowest BCUT2D eigenvalue weighted by molar-refractivity contribution is 0.274. The van der Waals surface area contributed by atoms with E-state index in [1.165, 1.54) is 6.20 Å². The molecule has 2 aromatic rings. The van der Waals surface area contributed by atoms with Crippen LogP contribution in [0.2, 0.25) is 0 Å². The van der Waals surface area contributed by atoms with Crippen LogP contribution in [0.15, 0.2) is 41.5 Å². The average molecular weight is 330 g/mol. The van der Waals surface area contributed by atoms with Crippen molar-refractivity contribution in [1.82, 2.24) is 15.3 Å². The fourth-order valence-electron chi connectivity index (χ4n) is 2.68. The van der Waals surface area contributed by atoms with E-state index in [4.69, 9.17) is 9.84 Å². The molecule has 1 aromatic carbocycles. The number of aliphatic hydroxyl groups is 1. The molecule has 1 aromatic heterocycles. The fourth-order valence-corrected chi connectivity index (χ4v) is 2.68. The summed E-state index contributed by atoms with van der Waals surface area (Å²) in [6.45, 7) is 1.84. The molecule has 0 amide bonds. The molecule has 1 aliphatic rings. The van der Waals surface area contributed by atoms with E-state index in [0.29, 0.717) is 25.5 Å². The van der Waals surface area contributed by atoms with Crippen molar-refractivity contribution in [3.63, 3.8) is 0 Å². The van der Waals surface area contributed by atoms with E-state index in [1.807, 2.05) is 24.3 Å². The van der Waals surface area contributed by atoms with E-state index >= 15 is 0 Å². The quantitative estimate of drug-likeness (QED) is 0.508. The first kappa shape index (κ1) is 16.5. The third-order valence-electron chi connectivity index (χ3n) is 4.04. The van der Waals surface area contributed by atoms with Crippen molar-refractivity contribution >= 4 is 5.82 Å². The van der Waals surface area contributed by atoms with Crippen LogP contribution in [0.25, 0.3) is 0 Å². The molecule has 0 atom stereocenters. The van der Waals surface area contributed by atoms with Crippen molar-refractivity contribution in [2.75, 3.05) is 31.6 Å². The summed E-state index contributed by atoms with van der Waals surface area (Å²) in [6.07, 6.45) is 4.93. The second-order valence-corrected chi connectivity index (χ2v) is 5.79. The number of aromatic amines is 1. The molecule has 128 valence electrons. The van der Waals surface area contributed by atoms with Crippen molar-refractivity contribution < 1.29 is 9.84 Å². The van der Waals surface area contributed by atoms with Gasteiger partial charge in [0.05, 0.1) is 12.1 Å². The average Bonchev–Trinajstić information content (AvgIpc) is 3.38. The number of rotatable bonds is 9. The van der Waals surface area contributed by atoms with Crippen molar-refractivity contribution in [2.45, 2.75) is 18.4 Å². The maximum atomic E-state index is 11.9. The second kappa shape index (κ2) is 7.46. The number of anilines is 1. The highest BCUT2D eigenvalue weighted by atomic mass is 16.5.